The molecule has 2 heterocycles. The number of amides is 2. The monoisotopic (exact) mass is 515 g/mol. The minimum absolute atomic E-state index is 0.0390. The molecule has 2 aromatic heterocycles. The van der Waals surface area contributed by atoms with E-state index < -0.39 is 10.8 Å². The Kier molecular flexibility index (Phi) is 9.09. The molecule has 0 bridgehead atoms. The number of hydrogen-bond donors (Lipinski definition) is 2. The van der Waals surface area contributed by atoms with Gasteiger partial charge in [-0.05, 0) is 49.1 Å². The Labute approximate surface area is 224 Å². The zero-order chi connectivity index (χ0) is 27.9. The van der Waals surface area contributed by atoms with Crippen molar-refractivity contribution >= 4 is 46.3 Å². The molecule has 200 valence electrons. The number of unbranched alkanes of at least 4 members (excludes halogenated alkanes) is 1. The van der Waals surface area contributed by atoms with Gasteiger partial charge in [0.25, 0.3) is 0 Å². The van der Waals surface area contributed by atoms with E-state index >= 15 is 0 Å². The zero-order valence-corrected chi connectivity index (χ0v) is 23.1. The Morgan fingerprint density at radius 1 is 0.868 bits per heavy atom. The number of aryl methyl sites for hydroxylation is 1. The van der Waals surface area contributed by atoms with Gasteiger partial charge < -0.3 is 5.32 Å². The van der Waals surface area contributed by atoms with Crippen molar-refractivity contribution < 1.29 is 14.4 Å². The van der Waals surface area contributed by atoms with Gasteiger partial charge in [-0.2, -0.15) is 4.98 Å². The molecule has 0 aliphatic carbocycles. The second-order valence-corrected chi connectivity index (χ2v) is 11.4. The smallest absolute Gasteiger partial charge is 0.232 e. The quantitative estimate of drug-likeness (QED) is 0.267. The molecule has 0 saturated carbocycles. The van der Waals surface area contributed by atoms with E-state index in [0.29, 0.717) is 37.2 Å². The van der Waals surface area contributed by atoms with Gasteiger partial charge in [-0.15, -0.1) is 0 Å². The fourth-order valence-electron chi connectivity index (χ4n) is 3.40. The van der Waals surface area contributed by atoms with E-state index in [1.54, 1.807) is 45.2 Å². The molecule has 0 aliphatic heterocycles. The lowest BCUT2D eigenvalue weighted by atomic mass is 9.96. The highest BCUT2D eigenvalue weighted by atomic mass is 16.2. The largest absolute Gasteiger partial charge is 0.310 e. The summed E-state index contributed by atoms with van der Waals surface area (Å²) in [7, 11) is 0. The minimum atomic E-state index is -0.620. The molecule has 3 rings (SSSR count). The number of para-hydroxylation sites is 1. The summed E-state index contributed by atoms with van der Waals surface area (Å²) in [6.45, 7) is 10.8. The average Bonchev–Trinajstić information content (AvgIpc) is 2.84. The second-order valence-electron chi connectivity index (χ2n) is 11.4. The number of pyridine rings is 1. The van der Waals surface area contributed by atoms with E-state index in [9.17, 15) is 14.4 Å². The minimum Gasteiger partial charge on any atom is -0.310 e. The van der Waals surface area contributed by atoms with Gasteiger partial charge in [0.05, 0.1) is 5.52 Å². The number of benzene rings is 1. The van der Waals surface area contributed by atoms with Crippen LogP contribution in [-0.4, -0.2) is 32.5 Å². The van der Waals surface area contributed by atoms with Gasteiger partial charge in [0, 0.05) is 40.6 Å². The lowest BCUT2D eigenvalue weighted by Crippen LogP contribution is -2.30. The lowest BCUT2D eigenvalue weighted by Gasteiger charge is -2.19. The predicted octanol–water partition coefficient (Wildman–Crippen LogP) is 5.99. The Morgan fingerprint density at radius 2 is 1.55 bits per heavy atom. The fourth-order valence-corrected chi connectivity index (χ4v) is 3.40. The Morgan fingerprint density at radius 3 is 2.26 bits per heavy atom. The van der Waals surface area contributed by atoms with Crippen molar-refractivity contribution in [3.63, 3.8) is 0 Å². The molecule has 8 heteroatoms. The van der Waals surface area contributed by atoms with E-state index in [0.717, 1.165) is 16.5 Å². The van der Waals surface area contributed by atoms with Gasteiger partial charge in [-0.3, -0.25) is 24.7 Å². The third-order valence-corrected chi connectivity index (χ3v) is 5.79. The molecule has 8 nitrogen and oxygen atoms in total. The number of hydrogen-bond acceptors (Lipinski definition) is 6. The highest BCUT2D eigenvalue weighted by Crippen LogP contribution is 2.21. The van der Waals surface area contributed by atoms with Crippen molar-refractivity contribution in [3.05, 3.63) is 59.9 Å². The summed E-state index contributed by atoms with van der Waals surface area (Å²) in [5.74, 6) is 0.116. The van der Waals surface area contributed by atoms with Crippen LogP contribution in [0.25, 0.3) is 17.0 Å². The topological polar surface area (TPSA) is 114 Å². The van der Waals surface area contributed by atoms with Gasteiger partial charge in [-0.25, -0.2) is 4.98 Å². The Hall–Kier alpha value is -3.94. The van der Waals surface area contributed by atoms with E-state index in [1.807, 2.05) is 51.1 Å². The molecule has 3 aromatic rings. The molecule has 0 unspecified atom stereocenters. The van der Waals surface area contributed by atoms with E-state index in [2.05, 4.69) is 25.6 Å². The van der Waals surface area contributed by atoms with Crippen LogP contribution in [0.2, 0.25) is 0 Å². The summed E-state index contributed by atoms with van der Waals surface area (Å²) in [5.41, 5.74) is 1.26. The maximum atomic E-state index is 12.5. The van der Waals surface area contributed by atoms with Crippen molar-refractivity contribution in [2.45, 2.75) is 67.2 Å². The van der Waals surface area contributed by atoms with Crippen molar-refractivity contribution in [2.75, 3.05) is 10.6 Å². The van der Waals surface area contributed by atoms with Crippen molar-refractivity contribution in [3.8, 4) is 0 Å². The van der Waals surface area contributed by atoms with Gasteiger partial charge in [0.1, 0.15) is 5.82 Å². The van der Waals surface area contributed by atoms with Crippen molar-refractivity contribution in [1.82, 2.24) is 15.0 Å². The summed E-state index contributed by atoms with van der Waals surface area (Å²) in [6.07, 6.45) is 7.52. The predicted molar refractivity (Wildman–Crippen MR) is 152 cm³/mol. The number of allylic oxidation sites excluding steroid dienone is 1. The highest BCUT2D eigenvalue weighted by Gasteiger charge is 2.24. The van der Waals surface area contributed by atoms with Crippen molar-refractivity contribution in [2.24, 2.45) is 10.8 Å². The Balaban J connectivity index is 1.60. The first-order chi connectivity index (χ1) is 17.8. The van der Waals surface area contributed by atoms with E-state index in [-0.39, 0.29) is 23.5 Å². The molecule has 0 radical (unpaired) electrons. The van der Waals surface area contributed by atoms with Crippen LogP contribution in [0.5, 0.6) is 0 Å². The summed E-state index contributed by atoms with van der Waals surface area (Å²) >= 11 is 0. The van der Waals surface area contributed by atoms with Gasteiger partial charge in [-0.1, -0.05) is 59.7 Å². The normalized spacial score (nSPS) is 12.1. The first-order valence-corrected chi connectivity index (χ1v) is 12.9. The van der Waals surface area contributed by atoms with E-state index in [4.69, 9.17) is 0 Å². The molecule has 0 spiro atoms. The molecule has 38 heavy (non-hydrogen) atoms. The third-order valence-electron chi connectivity index (χ3n) is 5.79. The summed E-state index contributed by atoms with van der Waals surface area (Å²) < 4.78 is 0. The van der Waals surface area contributed by atoms with Crippen LogP contribution in [0.1, 0.15) is 72.1 Å². The highest BCUT2D eigenvalue weighted by molar-refractivity contribution is 5.95. The van der Waals surface area contributed by atoms with Gasteiger partial charge in [0.15, 0.2) is 5.78 Å². The molecule has 0 atom stereocenters. The zero-order valence-electron chi connectivity index (χ0n) is 23.1. The van der Waals surface area contributed by atoms with Crippen molar-refractivity contribution in [1.29, 1.82) is 0 Å². The van der Waals surface area contributed by atoms with Gasteiger partial charge in [0.2, 0.25) is 17.8 Å². The van der Waals surface area contributed by atoms with Crippen LogP contribution < -0.4 is 10.6 Å². The van der Waals surface area contributed by atoms with Crippen LogP contribution >= 0.6 is 0 Å². The maximum absolute atomic E-state index is 12.5. The molecular formula is C30H37N5O3. The third kappa shape index (κ3) is 8.57. The summed E-state index contributed by atoms with van der Waals surface area (Å²) in [6, 6.07) is 11.6. The SMILES string of the molecule is CC(C)(C)C(=O)Nc1cc(CCCCC(=O)/C=C/c2cnc3ccccc3c2)nc(NC(=O)C(C)(C)C)n1. The van der Waals surface area contributed by atoms with Crippen LogP contribution in [0, 0.1) is 10.8 Å². The fraction of sp³-hybridized carbons (Fsp3) is 0.400. The molecular weight excluding hydrogens is 478 g/mol. The molecule has 1 aromatic carbocycles. The van der Waals surface area contributed by atoms with Crippen LogP contribution in [-0.2, 0) is 20.8 Å². The first kappa shape index (κ1) is 28.6. The lowest BCUT2D eigenvalue weighted by molar-refractivity contribution is -0.123. The molecule has 0 saturated heterocycles. The number of fused-ring (bicyclic) bond motifs is 1. The first-order valence-electron chi connectivity index (χ1n) is 12.9. The number of carbonyl (C=O) groups excluding carboxylic acids is 3. The van der Waals surface area contributed by atoms with Crippen LogP contribution in [0.3, 0.4) is 0 Å². The molecule has 0 aliphatic rings. The number of anilines is 2. The Bertz CT molecular complexity index is 1300. The van der Waals surface area contributed by atoms with Crippen LogP contribution in [0.15, 0.2) is 48.7 Å². The van der Waals surface area contributed by atoms with E-state index in [1.165, 1.54) is 0 Å². The maximum Gasteiger partial charge on any atom is 0.232 e. The summed E-state index contributed by atoms with van der Waals surface area (Å²) in [4.78, 5) is 50.6. The number of rotatable bonds is 9. The number of nitrogens with one attached hydrogen (secondary N) is 2. The van der Waals surface area contributed by atoms with Gasteiger partial charge >= 0.3 is 0 Å². The molecule has 0 fully saturated rings. The number of carbonyl (C=O) groups is 3. The number of aromatic nitrogens is 3. The standard InChI is InChI=1S/C30H37N5O3/c1-29(2,3)26(37)33-25-18-22(32-28(34-25)35-27(38)30(4,5)6)12-8-9-13-23(36)16-15-20-17-21-11-7-10-14-24(21)31-19-20/h7,10-11,14-19H,8-9,12-13H2,1-6H3,(H2,32,33,34,35,37,38)/b16-15+. The molecule has 2 amide bonds. The second kappa shape index (κ2) is 12.1. The summed E-state index contributed by atoms with van der Waals surface area (Å²) in [5, 5.41) is 6.59. The molecule has 2 N–H and O–H groups in total. The average molecular weight is 516 g/mol. The number of ketones is 1. The number of nitrogens with zero attached hydrogens (tertiary/aromatic N) is 3. The van der Waals surface area contributed by atoms with Crippen LogP contribution in [0.4, 0.5) is 11.8 Å².